The van der Waals surface area contributed by atoms with Crippen LogP contribution < -0.4 is 0 Å². The molecule has 3 heteroatoms. The molecule has 0 nitrogen and oxygen atoms in total. The van der Waals surface area contributed by atoms with Gasteiger partial charge >= 0.3 is 0 Å². The third-order valence-corrected chi connectivity index (χ3v) is 5.71. The van der Waals surface area contributed by atoms with E-state index in [1.807, 2.05) is 25.2 Å². The molecule has 1 unspecified atom stereocenters. The van der Waals surface area contributed by atoms with Gasteiger partial charge in [0.05, 0.1) is 5.38 Å². The standard InChI is InChI=1S/C16H16ClFS/c1-9-6-12(18)7-10(2)15(9)16(17)14-8-11-4-3-5-13(11)19-14/h6-8,16H,3-5H2,1-2H3. The SMILES string of the molecule is Cc1cc(F)cc(C)c1C(Cl)c1cc2c(s1)CCC2. The van der Waals surface area contributed by atoms with Gasteiger partial charge in [0.15, 0.2) is 0 Å². The van der Waals surface area contributed by atoms with Crippen molar-refractivity contribution in [2.45, 2.75) is 38.5 Å². The van der Waals surface area contributed by atoms with Crippen LogP contribution >= 0.6 is 22.9 Å². The second-order valence-corrected chi connectivity index (χ2v) is 6.87. The fraction of sp³-hybridized carbons (Fsp3) is 0.375. The maximum Gasteiger partial charge on any atom is 0.123 e. The summed E-state index contributed by atoms with van der Waals surface area (Å²) in [5, 5.41) is -0.156. The van der Waals surface area contributed by atoms with Crippen molar-refractivity contribution < 1.29 is 4.39 Å². The number of fused-ring (bicyclic) bond motifs is 1. The molecule has 3 rings (SSSR count). The molecular formula is C16H16ClFS. The predicted octanol–water partition coefficient (Wildman–Crippen LogP) is 5.32. The maximum absolute atomic E-state index is 13.4. The summed E-state index contributed by atoms with van der Waals surface area (Å²) < 4.78 is 13.4. The molecule has 1 aliphatic rings. The Labute approximate surface area is 122 Å². The fourth-order valence-corrected chi connectivity index (χ4v) is 4.73. The van der Waals surface area contributed by atoms with E-state index in [1.54, 1.807) is 12.1 Å². The molecule has 0 spiro atoms. The lowest BCUT2D eigenvalue weighted by Gasteiger charge is -2.15. The van der Waals surface area contributed by atoms with Gasteiger partial charge in [0.2, 0.25) is 0 Å². The summed E-state index contributed by atoms with van der Waals surface area (Å²) in [6.45, 7) is 3.87. The van der Waals surface area contributed by atoms with E-state index in [0.717, 1.165) is 16.7 Å². The lowest BCUT2D eigenvalue weighted by molar-refractivity contribution is 0.624. The first-order valence-electron chi connectivity index (χ1n) is 6.58. The van der Waals surface area contributed by atoms with Crippen LogP contribution in [0.5, 0.6) is 0 Å². The van der Waals surface area contributed by atoms with Crippen LogP contribution in [0.4, 0.5) is 4.39 Å². The molecule has 0 radical (unpaired) electrons. The zero-order valence-corrected chi connectivity index (χ0v) is 12.7. The van der Waals surface area contributed by atoms with Crippen molar-refractivity contribution >= 4 is 22.9 Å². The molecule has 0 fully saturated rings. The molecule has 0 bridgehead atoms. The van der Waals surface area contributed by atoms with Crippen molar-refractivity contribution in [2.75, 3.05) is 0 Å². The van der Waals surface area contributed by atoms with E-state index in [4.69, 9.17) is 11.6 Å². The van der Waals surface area contributed by atoms with Gasteiger partial charge in [-0.05, 0) is 73.6 Å². The van der Waals surface area contributed by atoms with E-state index in [0.29, 0.717) is 0 Å². The molecule has 0 saturated carbocycles. The van der Waals surface area contributed by atoms with E-state index in [2.05, 4.69) is 6.07 Å². The van der Waals surface area contributed by atoms with Crippen LogP contribution in [0.25, 0.3) is 0 Å². The molecule has 1 aliphatic carbocycles. The van der Waals surface area contributed by atoms with E-state index in [1.165, 1.54) is 34.6 Å². The van der Waals surface area contributed by atoms with Crippen LogP contribution in [0.1, 0.15) is 43.8 Å². The van der Waals surface area contributed by atoms with Crippen LogP contribution in [-0.2, 0) is 12.8 Å². The topological polar surface area (TPSA) is 0 Å². The summed E-state index contributed by atoms with van der Waals surface area (Å²) in [7, 11) is 0. The van der Waals surface area contributed by atoms with Gasteiger partial charge in [-0.25, -0.2) is 4.39 Å². The molecule has 0 N–H and O–H groups in total. The second-order valence-electron chi connectivity index (χ2n) is 5.27. The van der Waals surface area contributed by atoms with Crippen LogP contribution in [0.3, 0.4) is 0 Å². The van der Waals surface area contributed by atoms with Crippen molar-refractivity contribution in [3.05, 3.63) is 56.0 Å². The first kappa shape index (κ1) is 13.1. The Morgan fingerprint density at radius 1 is 1.16 bits per heavy atom. The normalized spacial score (nSPS) is 15.6. The summed E-state index contributed by atoms with van der Waals surface area (Å²) in [5.41, 5.74) is 4.39. The van der Waals surface area contributed by atoms with E-state index < -0.39 is 0 Å². The quantitative estimate of drug-likeness (QED) is 0.658. The Kier molecular flexibility index (Phi) is 3.40. The summed E-state index contributed by atoms with van der Waals surface area (Å²) >= 11 is 8.47. The smallest absolute Gasteiger partial charge is 0.123 e. The summed E-state index contributed by atoms with van der Waals surface area (Å²) in [6.07, 6.45) is 3.63. The first-order chi connectivity index (χ1) is 9.06. The van der Waals surface area contributed by atoms with Crippen molar-refractivity contribution in [3.63, 3.8) is 0 Å². The number of benzene rings is 1. The maximum atomic E-state index is 13.4. The molecule has 0 saturated heterocycles. The minimum atomic E-state index is -0.184. The van der Waals surface area contributed by atoms with E-state index in [-0.39, 0.29) is 11.2 Å². The fourth-order valence-electron chi connectivity index (χ4n) is 2.94. The lowest BCUT2D eigenvalue weighted by atomic mass is 9.98. The zero-order valence-electron chi connectivity index (χ0n) is 11.1. The van der Waals surface area contributed by atoms with Crippen molar-refractivity contribution in [3.8, 4) is 0 Å². The second kappa shape index (κ2) is 4.92. The van der Waals surface area contributed by atoms with Gasteiger partial charge in [-0.3, -0.25) is 0 Å². The Morgan fingerprint density at radius 2 is 1.84 bits per heavy atom. The molecule has 1 atom stereocenters. The Morgan fingerprint density at radius 3 is 2.47 bits per heavy atom. The first-order valence-corrected chi connectivity index (χ1v) is 7.83. The lowest BCUT2D eigenvalue weighted by Crippen LogP contribution is -1.99. The van der Waals surface area contributed by atoms with Gasteiger partial charge < -0.3 is 0 Å². The van der Waals surface area contributed by atoms with E-state index >= 15 is 0 Å². The molecule has 100 valence electrons. The highest BCUT2D eigenvalue weighted by Crippen LogP contribution is 2.41. The molecular weight excluding hydrogens is 279 g/mol. The highest BCUT2D eigenvalue weighted by molar-refractivity contribution is 7.12. The van der Waals surface area contributed by atoms with Gasteiger partial charge in [0.25, 0.3) is 0 Å². The number of aryl methyl sites for hydroxylation is 4. The molecule has 2 aromatic rings. The average Bonchev–Trinajstić information content (AvgIpc) is 2.86. The van der Waals surface area contributed by atoms with Crippen LogP contribution in [0, 0.1) is 19.7 Å². The van der Waals surface area contributed by atoms with Crippen molar-refractivity contribution in [2.24, 2.45) is 0 Å². The largest absolute Gasteiger partial charge is 0.207 e. The third kappa shape index (κ3) is 2.32. The minimum Gasteiger partial charge on any atom is -0.207 e. The van der Waals surface area contributed by atoms with E-state index in [9.17, 15) is 4.39 Å². The number of hydrogen-bond acceptors (Lipinski definition) is 1. The highest BCUT2D eigenvalue weighted by atomic mass is 35.5. The molecule has 0 amide bonds. The van der Waals surface area contributed by atoms with Crippen molar-refractivity contribution in [1.29, 1.82) is 0 Å². The van der Waals surface area contributed by atoms with Crippen molar-refractivity contribution in [1.82, 2.24) is 0 Å². The average molecular weight is 295 g/mol. The Balaban J connectivity index is 2.01. The number of alkyl halides is 1. The summed E-state index contributed by atoms with van der Waals surface area (Å²) in [6, 6.07) is 5.38. The van der Waals surface area contributed by atoms with Crippen LogP contribution in [0.15, 0.2) is 18.2 Å². The summed E-state index contributed by atoms with van der Waals surface area (Å²) in [5.74, 6) is -0.184. The Hall–Kier alpha value is -0.860. The van der Waals surface area contributed by atoms with Gasteiger partial charge in [0, 0.05) is 9.75 Å². The molecule has 19 heavy (non-hydrogen) atoms. The van der Waals surface area contributed by atoms with Gasteiger partial charge in [-0.15, -0.1) is 22.9 Å². The number of halogens is 2. The minimum absolute atomic E-state index is 0.156. The van der Waals surface area contributed by atoms with Gasteiger partial charge in [-0.2, -0.15) is 0 Å². The number of rotatable bonds is 2. The predicted molar refractivity (Wildman–Crippen MR) is 79.9 cm³/mol. The number of thiophene rings is 1. The molecule has 1 heterocycles. The monoisotopic (exact) mass is 294 g/mol. The number of hydrogen-bond donors (Lipinski definition) is 0. The highest BCUT2D eigenvalue weighted by Gasteiger charge is 2.22. The molecule has 0 aliphatic heterocycles. The summed E-state index contributed by atoms with van der Waals surface area (Å²) in [4.78, 5) is 2.68. The molecule has 1 aromatic carbocycles. The van der Waals surface area contributed by atoms with Gasteiger partial charge in [-0.1, -0.05) is 0 Å². The third-order valence-electron chi connectivity index (χ3n) is 3.83. The van der Waals surface area contributed by atoms with Crippen LogP contribution in [-0.4, -0.2) is 0 Å². The van der Waals surface area contributed by atoms with Gasteiger partial charge in [0.1, 0.15) is 5.82 Å². The zero-order chi connectivity index (χ0) is 13.6. The molecule has 1 aromatic heterocycles. The van der Waals surface area contributed by atoms with Crippen LogP contribution in [0.2, 0.25) is 0 Å². The Bertz CT molecular complexity index is 585.